The SMILES string of the molecule is Cn1c(=O)c2ccc(-c3cnco3)cc2n2nc(-c3ccccc3)cc12. The minimum atomic E-state index is -0.0591. The molecular weight excluding hydrogens is 328 g/mol. The van der Waals surface area contributed by atoms with Gasteiger partial charge in [-0.2, -0.15) is 5.10 Å². The number of oxazole rings is 1. The van der Waals surface area contributed by atoms with Crippen molar-refractivity contribution in [2.75, 3.05) is 0 Å². The van der Waals surface area contributed by atoms with E-state index < -0.39 is 0 Å². The van der Waals surface area contributed by atoms with Crippen LogP contribution < -0.4 is 5.56 Å². The largest absolute Gasteiger partial charge is 0.444 e. The summed E-state index contributed by atoms with van der Waals surface area (Å²) in [4.78, 5) is 16.7. The monoisotopic (exact) mass is 342 g/mol. The zero-order valence-electron chi connectivity index (χ0n) is 14.0. The first-order valence-corrected chi connectivity index (χ1v) is 8.19. The Morgan fingerprint density at radius 3 is 2.62 bits per heavy atom. The van der Waals surface area contributed by atoms with Crippen LogP contribution in [-0.4, -0.2) is 19.2 Å². The Labute approximate surface area is 148 Å². The summed E-state index contributed by atoms with van der Waals surface area (Å²) >= 11 is 0. The zero-order valence-corrected chi connectivity index (χ0v) is 14.0. The molecule has 3 aromatic heterocycles. The molecule has 5 rings (SSSR count). The highest BCUT2D eigenvalue weighted by molar-refractivity contribution is 5.85. The second-order valence-electron chi connectivity index (χ2n) is 6.13. The van der Waals surface area contributed by atoms with E-state index in [1.54, 1.807) is 28.4 Å². The molecule has 0 saturated heterocycles. The van der Waals surface area contributed by atoms with Crippen LogP contribution in [0.15, 0.2) is 76.4 Å². The molecule has 0 N–H and O–H groups in total. The molecule has 0 bridgehead atoms. The number of rotatable bonds is 2. The van der Waals surface area contributed by atoms with Crippen molar-refractivity contribution in [3.05, 3.63) is 77.5 Å². The molecule has 3 heterocycles. The molecule has 0 saturated carbocycles. The summed E-state index contributed by atoms with van der Waals surface area (Å²) in [6.07, 6.45) is 3.04. The molecule has 0 aliphatic heterocycles. The average Bonchev–Trinajstić information content (AvgIpc) is 3.36. The van der Waals surface area contributed by atoms with Crippen LogP contribution in [-0.2, 0) is 7.05 Å². The second kappa shape index (κ2) is 5.42. The van der Waals surface area contributed by atoms with E-state index in [1.165, 1.54) is 6.39 Å². The van der Waals surface area contributed by atoms with Crippen LogP contribution in [0.2, 0.25) is 0 Å². The summed E-state index contributed by atoms with van der Waals surface area (Å²) in [5.74, 6) is 0.649. The first kappa shape index (κ1) is 14.7. The Morgan fingerprint density at radius 2 is 1.85 bits per heavy atom. The number of aryl methyl sites for hydroxylation is 1. The fraction of sp³-hybridized carbons (Fsp3) is 0.0500. The van der Waals surface area contributed by atoms with E-state index in [4.69, 9.17) is 9.52 Å². The molecule has 0 aliphatic rings. The molecule has 0 fully saturated rings. The van der Waals surface area contributed by atoms with Crippen LogP contribution in [0.3, 0.4) is 0 Å². The van der Waals surface area contributed by atoms with Crippen molar-refractivity contribution in [1.29, 1.82) is 0 Å². The predicted octanol–water partition coefficient (Wildman–Crippen LogP) is 3.51. The Bertz CT molecular complexity index is 1300. The van der Waals surface area contributed by atoms with Gasteiger partial charge in [0.1, 0.15) is 5.65 Å². The highest BCUT2D eigenvalue weighted by atomic mass is 16.3. The highest BCUT2D eigenvalue weighted by Crippen LogP contribution is 2.25. The van der Waals surface area contributed by atoms with Gasteiger partial charge in [-0.05, 0) is 12.1 Å². The standard InChI is InChI=1S/C20H14N4O2/c1-23-19-10-16(13-5-3-2-4-6-13)22-24(19)17-9-14(18-11-21-12-26-18)7-8-15(17)20(23)25/h2-12H,1H3. The van der Waals surface area contributed by atoms with E-state index in [1.807, 2.05) is 48.5 Å². The Balaban J connectivity index is 1.86. The van der Waals surface area contributed by atoms with Crippen LogP contribution in [0.25, 0.3) is 39.1 Å². The molecule has 0 aliphatic carbocycles. The lowest BCUT2D eigenvalue weighted by Gasteiger charge is -2.07. The van der Waals surface area contributed by atoms with Crippen molar-refractivity contribution in [1.82, 2.24) is 19.2 Å². The van der Waals surface area contributed by atoms with E-state index in [2.05, 4.69) is 4.98 Å². The van der Waals surface area contributed by atoms with Crippen molar-refractivity contribution in [2.45, 2.75) is 0 Å². The first-order valence-electron chi connectivity index (χ1n) is 8.19. The van der Waals surface area contributed by atoms with Gasteiger partial charge in [0.25, 0.3) is 5.56 Å². The minimum absolute atomic E-state index is 0.0591. The predicted molar refractivity (Wildman–Crippen MR) is 98.9 cm³/mol. The fourth-order valence-corrected chi connectivity index (χ4v) is 3.22. The smallest absolute Gasteiger partial charge is 0.261 e. The minimum Gasteiger partial charge on any atom is -0.444 e. The molecule has 6 heteroatoms. The molecule has 0 atom stereocenters. The average molecular weight is 342 g/mol. The quantitative estimate of drug-likeness (QED) is 0.492. The third-order valence-electron chi connectivity index (χ3n) is 4.58. The summed E-state index contributed by atoms with van der Waals surface area (Å²) in [6.45, 7) is 0. The van der Waals surface area contributed by atoms with Gasteiger partial charge in [-0.1, -0.05) is 36.4 Å². The maximum absolute atomic E-state index is 12.8. The fourth-order valence-electron chi connectivity index (χ4n) is 3.22. The topological polar surface area (TPSA) is 65.3 Å². The maximum Gasteiger partial charge on any atom is 0.261 e. The molecular formula is C20H14N4O2. The molecule has 2 aromatic carbocycles. The summed E-state index contributed by atoms with van der Waals surface area (Å²) < 4.78 is 8.81. The molecule has 5 aromatic rings. The van der Waals surface area contributed by atoms with Crippen LogP contribution >= 0.6 is 0 Å². The molecule has 126 valence electrons. The van der Waals surface area contributed by atoms with Gasteiger partial charge in [0.2, 0.25) is 0 Å². The Hall–Kier alpha value is -3.67. The van der Waals surface area contributed by atoms with E-state index in [0.29, 0.717) is 11.1 Å². The van der Waals surface area contributed by atoms with E-state index in [-0.39, 0.29) is 5.56 Å². The Kier molecular flexibility index (Phi) is 3.05. The lowest BCUT2D eigenvalue weighted by Crippen LogP contribution is -2.19. The molecule has 0 amide bonds. The number of benzene rings is 2. The number of fused-ring (bicyclic) bond motifs is 3. The van der Waals surface area contributed by atoms with Gasteiger partial charge in [0.05, 0.1) is 22.8 Å². The van der Waals surface area contributed by atoms with Crippen molar-refractivity contribution in [3.63, 3.8) is 0 Å². The zero-order chi connectivity index (χ0) is 17.7. The molecule has 0 unspecified atom stereocenters. The van der Waals surface area contributed by atoms with Gasteiger partial charge < -0.3 is 4.42 Å². The van der Waals surface area contributed by atoms with Gasteiger partial charge in [-0.25, -0.2) is 9.50 Å². The van der Waals surface area contributed by atoms with Crippen LogP contribution in [0.4, 0.5) is 0 Å². The first-order chi connectivity index (χ1) is 12.7. The van der Waals surface area contributed by atoms with Crippen molar-refractivity contribution >= 4 is 16.6 Å². The summed E-state index contributed by atoms with van der Waals surface area (Å²) in [5.41, 5.74) is 4.08. The summed E-state index contributed by atoms with van der Waals surface area (Å²) in [5, 5.41) is 5.35. The molecule has 0 radical (unpaired) electrons. The number of hydrogen-bond acceptors (Lipinski definition) is 4. The van der Waals surface area contributed by atoms with Crippen LogP contribution in [0.5, 0.6) is 0 Å². The van der Waals surface area contributed by atoms with E-state index in [0.717, 1.165) is 28.0 Å². The van der Waals surface area contributed by atoms with Gasteiger partial charge in [0.15, 0.2) is 12.2 Å². The Morgan fingerprint density at radius 1 is 1.00 bits per heavy atom. The highest BCUT2D eigenvalue weighted by Gasteiger charge is 2.14. The maximum atomic E-state index is 12.8. The van der Waals surface area contributed by atoms with E-state index in [9.17, 15) is 4.79 Å². The van der Waals surface area contributed by atoms with Crippen LogP contribution in [0.1, 0.15) is 0 Å². The normalized spacial score (nSPS) is 11.4. The van der Waals surface area contributed by atoms with Crippen molar-refractivity contribution in [3.8, 4) is 22.6 Å². The second-order valence-corrected chi connectivity index (χ2v) is 6.13. The molecule has 0 spiro atoms. The number of hydrogen-bond donors (Lipinski definition) is 0. The lowest BCUT2D eigenvalue weighted by molar-refractivity contribution is 0.572. The van der Waals surface area contributed by atoms with Gasteiger partial charge in [-0.15, -0.1) is 0 Å². The lowest BCUT2D eigenvalue weighted by atomic mass is 10.1. The molecule has 6 nitrogen and oxygen atoms in total. The molecule has 26 heavy (non-hydrogen) atoms. The number of aromatic nitrogens is 4. The van der Waals surface area contributed by atoms with Crippen molar-refractivity contribution < 1.29 is 4.42 Å². The third-order valence-corrected chi connectivity index (χ3v) is 4.58. The third kappa shape index (κ3) is 2.09. The summed E-state index contributed by atoms with van der Waals surface area (Å²) in [6, 6.07) is 17.4. The number of nitrogens with zero attached hydrogens (tertiary/aromatic N) is 4. The van der Waals surface area contributed by atoms with Crippen molar-refractivity contribution in [2.24, 2.45) is 7.05 Å². The van der Waals surface area contributed by atoms with Gasteiger partial charge in [-0.3, -0.25) is 9.36 Å². The van der Waals surface area contributed by atoms with Crippen LogP contribution in [0, 0.1) is 0 Å². The van der Waals surface area contributed by atoms with Gasteiger partial charge >= 0.3 is 0 Å². The summed E-state index contributed by atoms with van der Waals surface area (Å²) in [7, 11) is 1.76. The van der Waals surface area contributed by atoms with Gasteiger partial charge in [0, 0.05) is 24.2 Å². The van der Waals surface area contributed by atoms with E-state index >= 15 is 0 Å².